The molecule has 8 nitrogen and oxygen atoms in total. The van der Waals surface area contributed by atoms with Crippen molar-refractivity contribution in [2.75, 3.05) is 0 Å². The summed E-state index contributed by atoms with van der Waals surface area (Å²) in [5, 5.41) is 10.9. The monoisotopic (exact) mass is 617 g/mol. The van der Waals surface area contributed by atoms with Crippen molar-refractivity contribution in [1.29, 1.82) is 0 Å². The van der Waals surface area contributed by atoms with Crippen molar-refractivity contribution in [1.82, 2.24) is 0 Å². The van der Waals surface area contributed by atoms with Gasteiger partial charge in [0.15, 0.2) is 0 Å². The first-order chi connectivity index (χ1) is 21.7. The second-order valence-corrected chi connectivity index (χ2v) is 14.6. The smallest absolute Gasteiger partial charge is 0.461 e. The van der Waals surface area contributed by atoms with Gasteiger partial charge in [-0.2, -0.15) is 0 Å². The van der Waals surface area contributed by atoms with Gasteiger partial charge < -0.3 is 14.2 Å². The predicted octanol–water partition coefficient (Wildman–Crippen LogP) is 9.05. The molecule has 0 spiro atoms. The van der Waals surface area contributed by atoms with Crippen LogP contribution in [0.5, 0.6) is 5.75 Å². The molecule has 8 unspecified atom stereocenters. The molecule has 0 aliphatic heterocycles. The van der Waals surface area contributed by atoms with Crippen LogP contribution in [0.2, 0.25) is 0 Å². The highest BCUT2D eigenvalue weighted by Gasteiger charge is 2.60. The van der Waals surface area contributed by atoms with Crippen LogP contribution in [0.3, 0.4) is 0 Å². The van der Waals surface area contributed by atoms with Crippen molar-refractivity contribution in [3.05, 3.63) is 70.3 Å². The molecule has 4 saturated carbocycles. The minimum atomic E-state index is -0.735. The van der Waals surface area contributed by atoms with Crippen molar-refractivity contribution >= 4 is 17.8 Å². The summed E-state index contributed by atoms with van der Waals surface area (Å²) in [6.07, 6.45) is 12.0. The maximum absolute atomic E-state index is 12.6. The van der Waals surface area contributed by atoms with Crippen molar-refractivity contribution < 1.29 is 28.7 Å². The summed E-state index contributed by atoms with van der Waals surface area (Å²) in [5.41, 5.74) is 1.61. The lowest BCUT2D eigenvalue weighted by Gasteiger charge is -2.61. The standard InChI is InChI=1S/C37H47NO7/c1-36-22-20-33-31(32(36)18-12-26(36)9-6-10-34(39)43-24-25-7-4-3-5-8-25)17-11-27-23-30(19-21-37(27,33)2)45-35(40)44-29-15-13-28(14-16-29)38(41)42/h3-5,7-8,13-16,26-27,30-33H,6,9-12,17-24H2,1-2H3. The van der Waals surface area contributed by atoms with Gasteiger partial charge in [-0.05, 0) is 129 Å². The second-order valence-electron chi connectivity index (χ2n) is 14.6. The molecular formula is C37H47NO7. The molecule has 0 bridgehead atoms. The summed E-state index contributed by atoms with van der Waals surface area (Å²) in [7, 11) is 0. The fraction of sp³-hybridized carbons (Fsp3) is 0.622. The Balaban J connectivity index is 0.985. The van der Waals surface area contributed by atoms with Gasteiger partial charge in [-0.15, -0.1) is 0 Å². The Morgan fingerprint density at radius 3 is 2.38 bits per heavy atom. The normalized spacial score (nSPS) is 33.6. The summed E-state index contributed by atoms with van der Waals surface area (Å²) in [5.74, 6) is 3.61. The van der Waals surface area contributed by atoms with Gasteiger partial charge in [0.1, 0.15) is 18.5 Å². The van der Waals surface area contributed by atoms with E-state index >= 15 is 0 Å². The molecule has 0 radical (unpaired) electrons. The molecule has 0 saturated heterocycles. The number of benzene rings is 2. The van der Waals surface area contributed by atoms with Gasteiger partial charge in [-0.1, -0.05) is 44.2 Å². The Bertz CT molecular complexity index is 1360. The van der Waals surface area contributed by atoms with Crippen LogP contribution < -0.4 is 4.74 Å². The number of rotatable bonds is 9. The van der Waals surface area contributed by atoms with Crippen LogP contribution in [0.1, 0.15) is 96.5 Å². The van der Waals surface area contributed by atoms with Gasteiger partial charge in [0, 0.05) is 18.6 Å². The Labute approximate surface area is 266 Å². The number of hydrogen-bond donors (Lipinski definition) is 0. The van der Waals surface area contributed by atoms with Gasteiger partial charge in [0.25, 0.3) is 5.69 Å². The molecule has 6 rings (SSSR count). The van der Waals surface area contributed by atoms with Crippen molar-refractivity contribution in [2.24, 2.45) is 40.4 Å². The zero-order chi connectivity index (χ0) is 31.6. The van der Waals surface area contributed by atoms with Crippen LogP contribution in [-0.4, -0.2) is 23.2 Å². The zero-order valence-electron chi connectivity index (χ0n) is 26.7. The Kier molecular flexibility index (Phi) is 9.21. The van der Waals surface area contributed by atoms with Crippen LogP contribution in [0.15, 0.2) is 54.6 Å². The van der Waals surface area contributed by atoms with Crippen molar-refractivity contribution in [2.45, 2.75) is 104 Å². The number of esters is 1. The molecule has 0 aromatic heterocycles. The Hall–Kier alpha value is -3.42. The SMILES string of the molecule is CC12CCC3C(CCC4CC(OC(=O)Oc5ccc([N+](=O)[O-])cc5)CCC43C)C1CCC2CCCC(=O)OCc1ccccc1. The minimum absolute atomic E-state index is 0.0502. The third kappa shape index (κ3) is 6.61. The van der Waals surface area contributed by atoms with Crippen LogP contribution in [0, 0.1) is 50.5 Å². The van der Waals surface area contributed by atoms with Crippen LogP contribution >= 0.6 is 0 Å². The van der Waals surface area contributed by atoms with Crippen LogP contribution in [0.4, 0.5) is 10.5 Å². The highest BCUT2D eigenvalue weighted by Crippen LogP contribution is 2.68. The summed E-state index contributed by atoms with van der Waals surface area (Å²) in [6, 6.07) is 15.3. The topological polar surface area (TPSA) is 105 Å². The van der Waals surface area contributed by atoms with E-state index in [1.807, 2.05) is 30.3 Å². The highest BCUT2D eigenvalue weighted by molar-refractivity contribution is 5.69. The summed E-state index contributed by atoms with van der Waals surface area (Å²) in [4.78, 5) is 35.4. The molecule has 242 valence electrons. The average Bonchev–Trinajstić information content (AvgIpc) is 3.37. The molecule has 45 heavy (non-hydrogen) atoms. The van der Waals surface area contributed by atoms with Gasteiger partial charge in [0.2, 0.25) is 0 Å². The number of nitro benzene ring substituents is 1. The highest BCUT2D eigenvalue weighted by atomic mass is 16.7. The summed E-state index contributed by atoms with van der Waals surface area (Å²) in [6.45, 7) is 5.41. The molecule has 4 aliphatic carbocycles. The number of carbonyl (C=O) groups excluding carboxylic acids is 2. The number of fused-ring (bicyclic) bond motifs is 5. The van der Waals surface area contributed by atoms with Crippen LogP contribution in [-0.2, 0) is 20.9 Å². The fourth-order valence-electron chi connectivity index (χ4n) is 10.1. The van der Waals surface area contributed by atoms with E-state index in [9.17, 15) is 19.7 Å². The average molecular weight is 618 g/mol. The lowest BCUT2D eigenvalue weighted by molar-refractivity contribution is -0.384. The molecule has 0 amide bonds. The maximum atomic E-state index is 12.6. The molecule has 0 heterocycles. The second kappa shape index (κ2) is 13.1. The summed E-state index contributed by atoms with van der Waals surface area (Å²) < 4.78 is 16.6. The fourth-order valence-corrected chi connectivity index (χ4v) is 10.1. The molecule has 2 aromatic rings. The zero-order valence-corrected chi connectivity index (χ0v) is 26.7. The van der Waals surface area contributed by atoms with Crippen molar-refractivity contribution in [3.8, 4) is 5.75 Å². The van der Waals surface area contributed by atoms with Crippen LogP contribution in [0.25, 0.3) is 0 Å². The summed E-state index contributed by atoms with van der Waals surface area (Å²) >= 11 is 0. The third-order valence-electron chi connectivity index (χ3n) is 12.5. The van der Waals surface area contributed by atoms with E-state index in [2.05, 4.69) is 13.8 Å². The number of nitro groups is 1. The molecular weight excluding hydrogens is 570 g/mol. The maximum Gasteiger partial charge on any atom is 0.514 e. The van der Waals surface area contributed by atoms with Crippen molar-refractivity contribution in [3.63, 3.8) is 0 Å². The molecule has 0 N–H and O–H groups in total. The Morgan fingerprint density at radius 2 is 1.62 bits per heavy atom. The lowest BCUT2D eigenvalue weighted by Crippen LogP contribution is -2.54. The predicted molar refractivity (Wildman–Crippen MR) is 169 cm³/mol. The van der Waals surface area contributed by atoms with E-state index in [-0.39, 0.29) is 28.9 Å². The van der Waals surface area contributed by atoms with E-state index in [4.69, 9.17) is 14.2 Å². The van der Waals surface area contributed by atoms with E-state index in [0.717, 1.165) is 49.5 Å². The third-order valence-corrected chi connectivity index (χ3v) is 12.5. The number of nitrogens with zero attached hydrogens (tertiary/aromatic N) is 1. The quantitative estimate of drug-likeness (QED) is 0.120. The number of carbonyl (C=O) groups is 2. The molecule has 8 heteroatoms. The van der Waals surface area contributed by atoms with E-state index in [0.29, 0.717) is 36.2 Å². The first-order valence-electron chi connectivity index (χ1n) is 17.0. The van der Waals surface area contributed by atoms with Gasteiger partial charge >= 0.3 is 12.1 Å². The van der Waals surface area contributed by atoms with E-state index in [1.165, 1.54) is 62.8 Å². The molecule has 4 fully saturated rings. The van der Waals surface area contributed by atoms with Gasteiger partial charge in [-0.3, -0.25) is 14.9 Å². The largest absolute Gasteiger partial charge is 0.514 e. The Morgan fingerprint density at radius 1 is 0.889 bits per heavy atom. The first-order valence-corrected chi connectivity index (χ1v) is 17.0. The lowest BCUT2D eigenvalue weighted by atomic mass is 9.44. The van der Waals surface area contributed by atoms with Gasteiger partial charge in [0.05, 0.1) is 4.92 Å². The number of non-ortho nitro benzene ring substituents is 1. The number of hydrogen-bond acceptors (Lipinski definition) is 7. The molecule has 2 aromatic carbocycles. The minimum Gasteiger partial charge on any atom is -0.461 e. The first kappa shape index (κ1) is 31.6. The molecule has 4 aliphatic rings. The van der Waals surface area contributed by atoms with Gasteiger partial charge in [-0.25, -0.2) is 4.79 Å². The van der Waals surface area contributed by atoms with E-state index < -0.39 is 11.1 Å². The molecule has 8 atom stereocenters. The number of ether oxygens (including phenoxy) is 3. The van der Waals surface area contributed by atoms with E-state index in [1.54, 1.807) is 0 Å².